The van der Waals surface area contributed by atoms with E-state index in [2.05, 4.69) is 81.5 Å². The average Bonchev–Trinajstić information content (AvgIpc) is 3.46. The van der Waals surface area contributed by atoms with Crippen LogP contribution < -0.4 is 10.6 Å². The maximum absolute atomic E-state index is 4.85. The molecule has 0 saturated heterocycles. The minimum absolute atomic E-state index is 0.346. The third-order valence-corrected chi connectivity index (χ3v) is 6.39. The van der Waals surface area contributed by atoms with E-state index in [1.807, 2.05) is 18.5 Å². The van der Waals surface area contributed by atoms with Gasteiger partial charge in [0.15, 0.2) is 11.8 Å². The normalized spacial score (nSPS) is 14.8. The molecular weight excluding hydrogens is 396 g/mol. The van der Waals surface area contributed by atoms with Gasteiger partial charge in [-0.3, -0.25) is 0 Å². The third kappa shape index (κ3) is 5.75. The van der Waals surface area contributed by atoms with E-state index in [1.165, 1.54) is 36.8 Å². The number of aliphatic imine (C=N–C) groups is 1. The van der Waals surface area contributed by atoms with E-state index in [1.54, 1.807) is 0 Å². The highest BCUT2D eigenvalue weighted by atomic mass is 15.3. The van der Waals surface area contributed by atoms with E-state index < -0.39 is 0 Å². The molecule has 1 heterocycles. The molecule has 3 aromatic rings. The standard InChI is InChI=1S/C26H34N6/c1-20-30-31-25(32(20)2)19-28-26(29-23-15-9-10-16-23)27-18-17-24(21-11-5-3-6-12-21)22-13-7-4-8-14-22/h3-8,11-14,23-24H,9-10,15-19H2,1-2H3,(H2,27,28,29). The van der Waals surface area contributed by atoms with Crippen LogP contribution in [0, 0.1) is 6.92 Å². The highest BCUT2D eigenvalue weighted by Gasteiger charge is 2.18. The summed E-state index contributed by atoms with van der Waals surface area (Å²) in [5, 5.41) is 15.7. The fourth-order valence-electron chi connectivity index (χ4n) is 4.39. The quantitative estimate of drug-likeness (QED) is 0.412. The molecule has 2 N–H and O–H groups in total. The van der Waals surface area contributed by atoms with Crippen LogP contribution in [0.5, 0.6) is 0 Å². The van der Waals surface area contributed by atoms with Crippen molar-refractivity contribution >= 4 is 5.96 Å². The zero-order valence-electron chi connectivity index (χ0n) is 19.2. The first-order chi connectivity index (χ1) is 15.7. The second kappa shape index (κ2) is 10.9. The molecular formula is C26H34N6. The Bertz CT molecular complexity index is 950. The van der Waals surface area contributed by atoms with Crippen molar-refractivity contribution in [2.45, 2.75) is 57.5 Å². The zero-order chi connectivity index (χ0) is 22.2. The van der Waals surface area contributed by atoms with Crippen molar-refractivity contribution in [2.75, 3.05) is 6.54 Å². The highest BCUT2D eigenvalue weighted by Crippen LogP contribution is 2.27. The summed E-state index contributed by atoms with van der Waals surface area (Å²) in [5.41, 5.74) is 2.69. The van der Waals surface area contributed by atoms with Crippen molar-refractivity contribution in [1.29, 1.82) is 0 Å². The lowest BCUT2D eigenvalue weighted by molar-refractivity contribution is 0.601. The Labute approximate surface area is 191 Å². The van der Waals surface area contributed by atoms with Gasteiger partial charge in [0.25, 0.3) is 0 Å². The minimum Gasteiger partial charge on any atom is -0.356 e. The summed E-state index contributed by atoms with van der Waals surface area (Å²) >= 11 is 0. The number of benzene rings is 2. The van der Waals surface area contributed by atoms with Crippen LogP contribution in [-0.2, 0) is 13.6 Å². The zero-order valence-corrected chi connectivity index (χ0v) is 19.2. The first-order valence-corrected chi connectivity index (χ1v) is 11.7. The molecule has 0 unspecified atom stereocenters. The molecule has 0 aliphatic heterocycles. The molecule has 1 fully saturated rings. The number of nitrogens with zero attached hydrogens (tertiary/aromatic N) is 4. The van der Waals surface area contributed by atoms with Crippen molar-refractivity contribution in [3.63, 3.8) is 0 Å². The maximum Gasteiger partial charge on any atom is 0.191 e. The summed E-state index contributed by atoms with van der Waals surface area (Å²) in [7, 11) is 1.99. The van der Waals surface area contributed by atoms with Crippen LogP contribution >= 0.6 is 0 Å². The summed E-state index contributed by atoms with van der Waals surface area (Å²) < 4.78 is 2.00. The van der Waals surface area contributed by atoms with E-state index in [0.29, 0.717) is 18.5 Å². The SMILES string of the molecule is Cc1nnc(CN=C(NCCC(c2ccccc2)c2ccccc2)NC2CCCC2)n1C. The summed E-state index contributed by atoms with van der Waals surface area (Å²) in [6, 6.07) is 22.0. The summed E-state index contributed by atoms with van der Waals surface area (Å²) in [6.07, 6.45) is 5.98. The lowest BCUT2D eigenvalue weighted by Gasteiger charge is -2.21. The molecule has 0 radical (unpaired) electrons. The molecule has 0 bridgehead atoms. The lowest BCUT2D eigenvalue weighted by Crippen LogP contribution is -2.43. The smallest absolute Gasteiger partial charge is 0.191 e. The highest BCUT2D eigenvalue weighted by molar-refractivity contribution is 5.80. The third-order valence-electron chi connectivity index (χ3n) is 6.39. The molecule has 0 amide bonds. The summed E-state index contributed by atoms with van der Waals surface area (Å²) in [4.78, 5) is 4.85. The molecule has 168 valence electrons. The molecule has 1 saturated carbocycles. The van der Waals surface area contributed by atoms with Gasteiger partial charge in [-0.2, -0.15) is 0 Å². The number of hydrogen-bond donors (Lipinski definition) is 2. The van der Waals surface area contributed by atoms with Gasteiger partial charge in [-0.1, -0.05) is 73.5 Å². The van der Waals surface area contributed by atoms with Crippen molar-refractivity contribution in [1.82, 2.24) is 25.4 Å². The molecule has 4 rings (SSSR count). The first-order valence-electron chi connectivity index (χ1n) is 11.7. The van der Waals surface area contributed by atoms with E-state index in [4.69, 9.17) is 4.99 Å². The Morgan fingerprint density at radius 1 is 1.00 bits per heavy atom. The fraction of sp³-hybridized carbons (Fsp3) is 0.423. The van der Waals surface area contributed by atoms with Crippen molar-refractivity contribution in [3.8, 4) is 0 Å². The van der Waals surface area contributed by atoms with Gasteiger partial charge >= 0.3 is 0 Å². The minimum atomic E-state index is 0.346. The summed E-state index contributed by atoms with van der Waals surface area (Å²) in [5.74, 6) is 3.00. The van der Waals surface area contributed by atoms with Gasteiger partial charge in [-0.15, -0.1) is 10.2 Å². The molecule has 6 heteroatoms. The summed E-state index contributed by atoms with van der Waals surface area (Å²) in [6.45, 7) is 3.31. The largest absolute Gasteiger partial charge is 0.356 e. The Balaban J connectivity index is 1.44. The van der Waals surface area contributed by atoms with Gasteiger partial charge < -0.3 is 15.2 Å². The van der Waals surface area contributed by atoms with Crippen LogP contribution in [0.15, 0.2) is 65.7 Å². The Morgan fingerprint density at radius 2 is 1.62 bits per heavy atom. The maximum atomic E-state index is 4.85. The first kappa shape index (κ1) is 22.1. The monoisotopic (exact) mass is 430 g/mol. The second-order valence-electron chi connectivity index (χ2n) is 8.60. The lowest BCUT2D eigenvalue weighted by atomic mass is 9.88. The molecule has 0 spiro atoms. The van der Waals surface area contributed by atoms with Crippen molar-refractivity contribution < 1.29 is 0 Å². The van der Waals surface area contributed by atoms with Crippen molar-refractivity contribution in [2.24, 2.45) is 12.0 Å². The van der Waals surface area contributed by atoms with Gasteiger partial charge in [0.05, 0.1) is 0 Å². The van der Waals surface area contributed by atoms with Gasteiger partial charge in [0.2, 0.25) is 0 Å². The van der Waals surface area contributed by atoms with Crippen LogP contribution in [0.1, 0.15) is 60.8 Å². The van der Waals surface area contributed by atoms with Gasteiger partial charge in [-0.05, 0) is 37.3 Å². The van der Waals surface area contributed by atoms with E-state index in [0.717, 1.165) is 30.6 Å². The van der Waals surface area contributed by atoms with E-state index >= 15 is 0 Å². The van der Waals surface area contributed by atoms with Gasteiger partial charge in [0, 0.05) is 25.6 Å². The van der Waals surface area contributed by atoms with Crippen LogP contribution in [0.25, 0.3) is 0 Å². The van der Waals surface area contributed by atoms with Crippen LogP contribution in [0.4, 0.5) is 0 Å². The second-order valence-corrected chi connectivity index (χ2v) is 8.60. The van der Waals surface area contributed by atoms with Crippen LogP contribution in [0.3, 0.4) is 0 Å². The average molecular weight is 431 g/mol. The molecule has 0 atom stereocenters. The number of rotatable bonds is 8. The Kier molecular flexibility index (Phi) is 7.54. The predicted octanol–water partition coefficient (Wildman–Crippen LogP) is 4.32. The number of aryl methyl sites for hydroxylation is 1. The Hall–Kier alpha value is -3.15. The van der Waals surface area contributed by atoms with E-state index in [9.17, 15) is 0 Å². The number of hydrogen-bond acceptors (Lipinski definition) is 3. The molecule has 1 aromatic heterocycles. The van der Waals surface area contributed by atoms with E-state index in [-0.39, 0.29) is 0 Å². The number of nitrogens with one attached hydrogen (secondary N) is 2. The fourth-order valence-corrected chi connectivity index (χ4v) is 4.39. The molecule has 1 aliphatic carbocycles. The number of guanidine groups is 1. The van der Waals surface area contributed by atoms with Crippen LogP contribution in [0.2, 0.25) is 0 Å². The van der Waals surface area contributed by atoms with Gasteiger partial charge in [0.1, 0.15) is 12.4 Å². The number of aromatic nitrogens is 3. The molecule has 32 heavy (non-hydrogen) atoms. The molecule has 1 aliphatic rings. The molecule has 2 aromatic carbocycles. The topological polar surface area (TPSA) is 67.1 Å². The van der Waals surface area contributed by atoms with Gasteiger partial charge in [-0.25, -0.2) is 4.99 Å². The van der Waals surface area contributed by atoms with Crippen molar-refractivity contribution in [3.05, 3.63) is 83.4 Å². The predicted molar refractivity (Wildman–Crippen MR) is 130 cm³/mol. The molecule has 6 nitrogen and oxygen atoms in total. The van der Waals surface area contributed by atoms with Crippen LogP contribution in [-0.4, -0.2) is 33.3 Å². The Morgan fingerprint density at radius 3 is 2.19 bits per heavy atom.